The molecule has 4 heteroatoms. The number of rotatable bonds is 1. The van der Waals surface area contributed by atoms with Crippen LogP contribution in [-0.4, -0.2) is 41.4 Å². The summed E-state index contributed by atoms with van der Waals surface area (Å²) in [6, 6.07) is 9.56. The fourth-order valence-corrected chi connectivity index (χ4v) is 2.78. The van der Waals surface area contributed by atoms with Crippen molar-refractivity contribution < 1.29 is 4.79 Å². The number of hydrogen-bond donors (Lipinski definition) is 1. The van der Waals surface area contributed by atoms with Crippen LogP contribution < -0.4 is 5.32 Å². The Morgan fingerprint density at radius 2 is 1.88 bits per heavy atom. The van der Waals surface area contributed by atoms with Gasteiger partial charge in [0.05, 0.1) is 0 Å². The minimum Gasteiger partial charge on any atom is -0.323 e. The minimum atomic E-state index is 0.00269. The summed E-state index contributed by atoms with van der Waals surface area (Å²) in [6.07, 6.45) is 0. The minimum absolute atomic E-state index is 0.00269. The lowest BCUT2D eigenvalue weighted by molar-refractivity contribution is 0.217. The zero-order chi connectivity index (χ0) is 11.4. The molecule has 2 rings (SSSR count). The van der Waals surface area contributed by atoms with Crippen molar-refractivity contribution in [3.63, 3.8) is 0 Å². The van der Waals surface area contributed by atoms with Crippen LogP contribution in [0.15, 0.2) is 30.3 Å². The van der Waals surface area contributed by atoms with E-state index >= 15 is 0 Å². The summed E-state index contributed by atoms with van der Waals surface area (Å²) in [5.74, 6) is 6.10. The van der Waals surface area contributed by atoms with Gasteiger partial charge in [0, 0.05) is 30.3 Å². The van der Waals surface area contributed by atoms with E-state index in [0.717, 1.165) is 30.3 Å². The van der Waals surface area contributed by atoms with Crippen LogP contribution in [0.5, 0.6) is 0 Å². The van der Waals surface area contributed by atoms with Crippen molar-refractivity contribution in [1.82, 2.24) is 4.90 Å². The Balaban J connectivity index is 1.91. The van der Waals surface area contributed by atoms with Crippen LogP contribution in [0.1, 0.15) is 0 Å². The molecule has 1 aliphatic rings. The highest BCUT2D eigenvalue weighted by Gasteiger charge is 2.17. The van der Waals surface area contributed by atoms with E-state index < -0.39 is 0 Å². The van der Waals surface area contributed by atoms with Gasteiger partial charge in [-0.1, -0.05) is 24.1 Å². The summed E-state index contributed by atoms with van der Waals surface area (Å²) in [5.41, 5.74) is 0.853. The number of para-hydroxylation sites is 1. The number of hydrogen-bond acceptors (Lipinski definition) is 1. The van der Waals surface area contributed by atoms with Gasteiger partial charge in [-0.05, 0) is 12.1 Å². The van der Waals surface area contributed by atoms with E-state index in [0.29, 0.717) is 0 Å². The average Bonchev–Trinajstić information content (AvgIpc) is 2.31. The second-order valence-electron chi connectivity index (χ2n) is 3.80. The maximum Gasteiger partial charge on any atom is 0.321 e. The highest BCUT2D eigenvalue weighted by atomic mass is 32.2. The molecule has 1 aromatic carbocycles. The third kappa shape index (κ3) is 2.85. The van der Waals surface area contributed by atoms with Crippen LogP contribution in [0.4, 0.5) is 10.5 Å². The van der Waals surface area contributed by atoms with Gasteiger partial charge in [0.1, 0.15) is 0 Å². The molecule has 0 radical (unpaired) electrons. The number of benzene rings is 1. The van der Waals surface area contributed by atoms with E-state index in [4.69, 9.17) is 0 Å². The Kier molecular flexibility index (Phi) is 3.62. The molecular formula is C12H16N2OS. The van der Waals surface area contributed by atoms with Crippen LogP contribution in [-0.2, 0) is 0 Å². The fourth-order valence-electron chi connectivity index (χ4n) is 1.62. The van der Waals surface area contributed by atoms with Gasteiger partial charge in [0.2, 0.25) is 0 Å². The first-order valence-electron chi connectivity index (χ1n) is 5.34. The molecule has 1 aromatic rings. The van der Waals surface area contributed by atoms with Crippen LogP contribution in [0.3, 0.4) is 0 Å². The first-order valence-corrected chi connectivity index (χ1v) is 7.07. The Hall–Kier alpha value is -1.29. The number of carbonyl (C=O) groups is 1. The summed E-state index contributed by atoms with van der Waals surface area (Å²) >= 11 is 0. The van der Waals surface area contributed by atoms with Gasteiger partial charge >= 0.3 is 6.03 Å². The first kappa shape index (κ1) is 11.2. The Bertz CT molecular complexity index is 381. The van der Waals surface area contributed by atoms with Crippen molar-refractivity contribution in [1.29, 1.82) is 0 Å². The zero-order valence-corrected chi connectivity index (χ0v) is 10.0. The number of carbonyl (C=O) groups excluding carboxylic acids is 1. The molecule has 1 N–H and O–H groups in total. The number of anilines is 1. The van der Waals surface area contributed by atoms with E-state index in [2.05, 4.69) is 11.2 Å². The molecule has 0 aromatic heterocycles. The highest BCUT2D eigenvalue weighted by Crippen LogP contribution is 2.16. The summed E-state index contributed by atoms with van der Waals surface area (Å²) in [6.45, 7) is 1.65. The van der Waals surface area contributed by atoms with Crippen molar-refractivity contribution in [3.8, 4) is 0 Å². The number of amides is 2. The Morgan fingerprint density at radius 1 is 1.25 bits per heavy atom. The molecular weight excluding hydrogens is 220 g/mol. The number of nitrogens with one attached hydrogen (secondary N) is 1. The smallest absolute Gasteiger partial charge is 0.321 e. The molecule has 0 spiro atoms. The molecule has 1 saturated heterocycles. The third-order valence-electron chi connectivity index (χ3n) is 2.61. The second-order valence-corrected chi connectivity index (χ2v) is 5.85. The summed E-state index contributed by atoms with van der Waals surface area (Å²) in [4.78, 5) is 13.7. The second kappa shape index (κ2) is 5.16. The molecule has 1 heterocycles. The molecule has 1 aliphatic heterocycles. The summed E-state index contributed by atoms with van der Waals surface area (Å²) in [5, 5.41) is 2.90. The van der Waals surface area contributed by atoms with Crippen LogP contribution in [0.25, 0.3) is 0 Å². The van der Waals surface area contributed by atoms with E-state index in [9.17, 15) is 4.79 Å². The lowest BCUT2D eigenvalue weighted by atomic mass is 10.3. The molecule has 0 bridgehead atoms. The normalized spacial score (nSPS) is 17.1. The lowest BCUT2D eigenvalue weighted by Crippen LogP contribution is -2.41. The van der Waals surface area contributed by atoms with Crippen molar-refractivity contribution in [2.24, 2.45) is 0 Å². The predicted octanol–water partition coefficient (Wildman–Crippen LogP) is 2.24. The van der Waals surface area contributed by atoms with E-state index in [1.54, 1.807) is 0 Å². The van der Waals surface area contributed by atoms with Gasteiger partial charge in [-0.3, -0.25) is 0 Å². The molecule has 3 nitrogen and oxygen atoms in total. The van der Waals surface area contributed by atoms with Crippen molar-refractivity contribution in [3.05, 3.63) is 30.3 Å². The van der Waals surface area contributed by atoms with E-state index in [1.165, 1.54) is 0 Å². The zero-order valence-electron chi connectivity index (χ0n) is 9.19. The standard InChI is InChI=1S/C12H16N2OS/c1-16-9-7-14(8-10-16)12(15)13-11-5-3-2-4-6-11/h2-6H,1,7-10H2,(H,13,15). The molecule has 1 fully saturated rings. The maximum absolute atomic E-state index is 11.9. The largest absolute Gasteiger partial charge is 0.323 e. The van der Waals surface area contributed by atoms with Crippen LogP contribution >= 0.6 is 10.5 Å². The number of urea groups is 1. The molecule has 16 heavy (non-hydrogen) atoms. The van der Waals surface area contributed by atoms with Gasteiger partial charge in [-0.25, -0.2) is 4.79 Å². The van der Waals surface area contributed by atoms with Crippen LogP contribution in [0, 0.1) is 0 Å². The fraction of sp³-hybridized carbons (Fsp3) is 0.333. The third-order valence-corrected chi connectivity index (χ3v) is 4.13. The maximum atomic E-state index is 11.9. The average molecular weight is 236 g/mol. The lowest BCUT2D eigenvalue weighted by Gasteiger charge is -2.28. The molecule has 0 unspecified atom stereocenters. The summed E-state index contributed by atoms with van der Waals surface area (Å²) in [7, 11) is 0.254. The predicted molar refractivity (Wildman–Crippen MR) is 71.5 cm³/mol. The van der Waals surface area contributed by atoms with Gasteiger partial charge in [-0.15, -0.1) is 0 Å². The number of nitrogens with zero attached hydrogens (tertiary/aromatic N) is 1. The molecule has 0 atom stereocenters. The van der Waals surface area contributed by atoms with Gasteiger partial charge in [0.25, 0.3) is 0 Å². The Morgan fingerprint density at radius 3 is 2.50 bits per heavy atom. The van der Waals surface area contributed by atoms with Crippen LogP contribution in [0.2, 0.25) is 0 Å². The van der Waals surface area contributed by atoms with Gasteiger partial charge in [-0.2, -0.15) is 10.5 Å². The molecule has 86 valence electrons. The molecule has 0 aliphatic carbocycles. The van der Waals surface area contributed by atoms with Crippen molar-refractivity contribution in [2.45, 2.75) is 0 Å². The quantitative estimate of drug-likeness (QED) is 0.745. The van der Waals surface area contributed by atoms with E-state index in [1.807, 2.05) is 35.2 Å². The van der Waals surface area contributed by atoms with Gasteiger partial charge in [0.15, 0.2) is 0 Å². The van der Waals surface area contributed by atoms with Crippen molar-refractivity contribution >= 4 is 28.1 Å². The summed E-state index contributed by atoms with van der Waals surface area (Å²) < 4.78 is 0. The molecule has 0 saturated carbocycles. The first-order chi connectivity index (χ1) is 7.75. The van der Waals surface area contributed by atoms with Gasteiger partial charge < -0.3 is 10.2 Å². The monoisotopic (exact) mass is 236 g/mol. The molecule has 2 amide bonds. The SMILES string of the molecule is C=S1CCN(C(=O)Nc2ccccc2)CC1. The van der Waals surface area contributed by atoms with Crippen molar-refractivity contribution in [2.75, 3.05) is 29.9 Å². The highest BCUT2D eigenvalue weighted by molar-refractivity contribution is 8.14. The topological polar surface area (TPSA) is 32.3 Å². The van der Waals surface area contributed by atoms with E-state index in [-0.39, 0.29) is 16.5 Å². The Labute approximate surface area is 98.4 Å².